The lowest BCUT2D eigenvalue weighted by atomic mass is 9.66. The number of hydrogen-bond donors (Lipinski definition) is 0. The highest BCUT2D eigenvalue weighted by atomic mass is 15.2. The Bertz CT molecular complexity index is 3470. The molecule has 10 aromatic rings. The Balaban J connectivity index is 1.14. The summed E-state index contributed by atoms with van der Waals surface area (Å²) >= 11 is 0. The zero-order valence-electron chi connectivity index (χ0n) is 41.3. The largest absolute Gasteiger partial charge is 0.310 e. The minimum atomic E-state index is -0.783. The second-order valence-electron chi connectivity index (χ2n) is 20.9. The Morgan fingerprint density at radius 2 is 0.634 bits per heavy atom. The molecular weight excluding hydrogens is 857 g/mol. The third-order valence-electron chi connectivity index (χ3n) is 16.4. The van der Waals surface area contributed by atoms with E-state index in [2.05, 4.69) is 282 Å². The molecule has 0 saturated carbocycles. The van der Waals surface area contributed by atoms with Crippen LogP contribution < -0.4 is 9.80 Å². The second kappa shape index (κ2) is 15.9. The van der Waals surface area contributed by atoms with E-state index in [1.54, 1.807) is 0 Å². The van der Waals surface area contributed by atoms with Gasteiger partial charge in [0.1, 0.15) is 0 Å². The predicted octanol–water partition coefficient (Wildman–Crippen LogP) is 18.2. The van der Waals surface area contributed by atoms with Gasteiger partial charge in [-0.05, 0) is 152 Å². The van der Waals surface area contributed by atoms with Crippen LogP contribution in [0.3, 0.4) is 0 Å². The number of nitrogens with zero attached hydrogens (tertiary/aromatic N) is 2. The van der Waals surface area contributed by atoms with Gasteiger partial charge in [-0.3, -0.25) is 0 Å². The van der Waals surface area contributed by atoms with E-state index in [9.17, 15) is 0 Å². The van der Waals surface area contributed by atoms with Gasteiger partial charge in [0.15, 0.2) is 0 Å². The molecule has 0 heterocycles. The van der Waals surface area contributed by atoms with E-state index in [0.29, 0.717) is 0 Å². The van der Waals surface area contributed by atoms with Gasteiger partial charge < -0.3 is 9.80 Å². The summed E-state index contributed by atoms with van der Waals surface area (Å²) in [5, 5.41) is 0. The summed E-state index contributed by atoms with van der Waals surface area (Å²) in [6.45, 7) is 14.2. The Labute approximate surface area is 419 Å². The van der Waals surface area contributed by atoms with Crippen molar-refractivity contribution in [2.24, 2.45) is 0 Å². The average Bonchev–Trinajstić information content (AvgIpc) is 3.96. The van der Waals surface area contributed by atoms with Gasteiger partial charge in [0.25, 0.3) is 0 Å². The maximum atomic E-state index is 2.55. The Hall–Kier alpha value is -8.20. The van der Waals surface area contributed by atoms with Crippen LogP contribution in [0.25, 0.3) is 33.4 Å². The summed E-state index contributed by atoms with van der Waals surface area (Å²) in [7, 11) is 0. The maximum Gasteiger partial charge on any atom is 0.0754 e. The normalized spacial score (nSPS) is 14.7. The average molecular weight is 913 g/mol. The van der Waals surface area contributed by atoms with Crippen LogP contribution in [0.5, 0.6) is 0 Å². The monoisotopic (exact) mass is 912 g/mol. The van der Waals surface area contributed by atoms with Crippen molar-refractivity contribution in [1.82, 2.24) is 0 Å². The number of hydrogen-bond acceptors (Lipinski definition) is 2. The molecule has 3 aliphatic carbocycles. The van der Waals surface area contributed by atoms with Crippen LogP contribution in [0.15, 0.2) is 231 Å². The lowest BCUT2D eigenvalue weighted by molar-refractivity contribution is 0.660. The molecule has 3 aliphatic rings. The molecule has 342 valence electrons. The van der Waals surface area contributed by atoms with E-state index in [4.69, 9.17) is 0 Å². The van der Waals surface area contributed by atoms with Gasteiger partial charge in [-0.2, -0.15) is 0 Å². The fraction of sp³-hybridized carbons (Fsp3) is 0.130. The maximum absolute atomic E-state index is 2.55. The van der Waals surface area contributed by atoms with Gasteiger partial charge in [-0.15, -0.1) is 0 Å². The summed E-state index contributed by atoms with van der Waals surface area (Å²) in [5.41, 5.74) is 26.5. The predicted molar refractivity (Wildman–Crippen MR) is 298 cm³/mol. The van der Waals surface area contributed by atoms with E-state index in [-0.39, 0.29) is 10.8 Å². The molecule has 0 unspecified atom stereocenters. The molecule has 2 nitrogen and oxygen atoms in total. The van der Waals surface area contributed by atoms with Crippen LogP contribution in [-0.4, -0.2) is 0 Å². The first-order valence-corrected chi connectivity index (χ1v) is 25.2. The Morgan fingerprint density at radius 3 is 1.03 bits per heavy atom. The van der Waals surface area contributed by atoms with Crippen molar-refractivity contribution in [2.75, 3.05) is 9.80 Å². The van der Waals surface area contributed by atoms with Crippen LogP contribution in [0, 0.1) is 13.8 Å². The van der Waals surface area contributed by atoms with E-state index >= 15 is 0 Å². The smallest absolute Gasteiger partial charge is 0.0754 e. The van der Waals surface area contributed by atoms with Crippen LogP contribution in [-0.2, 0) is 16.2 Å². The number of benzene rings is 10. The standard InChI is InChI=1S/C69H56N2/c1-45-35-41-61(70(49-27-15-9-16-28-49)51-37-39-55-53-31-19-21-33-57(53)67(3,4)59(55)43-51)65-63(45)64-46(2)36-42-62(66(64)69(65,47-23-11-7-12-24-47)48-25-13-8-14-26-48)71(50-29-17-10-18-30-50)52-38-40-56-54-32-20-22-34-58(54)68(5,6)60(56)44-52/h7-44H,1-6H3. The third-order valence-corrected chi connectivity index (χ3v) is 16.4. The van der Waals surface area contributed by atoms with Crippen LogP contribution in [0.2, 0.25) is 0 Å². The summed E-state index contributed by atoms with van der Waals surface area (Å²) in [6.07, 6.45) is 0. The van der Waals surface area contributed by atoms with Gasteiger partial charge in [0, 0.05) is 44.7 Å². The number of fused-ring (bicyclic) bond motifs is 9. The molecule has 2 heteroatoms. The highest BCUT2D eigenvalue weighted by Crippen LogP contribution is 2.65. The van der Waals surface area contributed by atoms with Crippen molar-refractivity contribution in [3.05, 3.63) is 286 Å². The molecule has 0 N–H and O–H groups in total. The van der Waals surface area contributed by atoms with Gasteiger partial charge in [0.05, 0.1) is 16.8 Å². The minimum Gasteiger partial charge on any atom is -0.310 e. The minimum absolute atomic E-state index is 0.171. The van der Waals surface area contributed by atoms with Gasteiger partial charge in [-0.1, -0.05) is 198 Å². The van der Waals surface area contributed by atoms with Crippen molar-refractivity contribution >= 4 is 34.1 Å². The number of rotatable bonds is 8. The number of para-hydroxylation sites is 2. The summed E-state index contributed by atoms with van der Waals surface area (Å²) in [5.74, 6) is 0. The SMILES string of the molecule is Cc1ccc(N(c2ccccc2)c2ccc3c(c2)C(C)(C)c2ccccc2-3)c2c1-c1c(C)ccc(N(c3ccccc3)c3ccc4c(c3)C(C)(C)c3ccccc3-4)c1C2(c1ccccc1)c1ccccc1. The molecular formula is C69H56N2. The van der Waals surface area contributed by atoms with Crippen molar-refractivity contribution in [3.63, 3.8) is 0 Å². The topological polar surface area (TPSA) is 6.48 Å². The lowest BCUT2D eigenvalue weighted by Crippen LogP contribution is -2.32. The van der Waals surface area contributed by atoms with Gasteiger partial charge in [0.2, 0.25) is 0 Å². The molecule has 0 saturated heterocycles. The summed E-state index contributed by atoms with van der Waals surface area (Å²) in [4.78, 5) is 5.10. The molecule has 0 aromatic heterocycles. The first-order valence-electron chi connectivity index (χ1n) is 25.2. The fourth-order valence-electron chi connectivity index (χ4n) is 13.1. The molecule has 0 aliphatic heterocycles. The molecule has 0 spiro atoms. The van der Waals surface area contributed by atoms with Gasteiger partial charge >= 0.3 is 0 Å². The zero-order chi connectivity index (χ0) is 48.2. The van der Waals surface area contributed by atoms with Crippen LogP contribution in [0.1, 0.15) is 83.3 Å². The summed E-state index contributed by atoms with van der Waals surface area (Å²) < 4.78 is 0. The summed E-state index contributed by atoms with van der Waals surface area (Å²) in [6, 6.07) is 86.6. The van der Waals surface area contributed by atoms with Crippen molar-refractivity contribution in [3.8, 4) is 33.4 Å². The molecule has 10 aromatic carbocycles. The van der Waals surface area contributed by atoms with Crippen LogP contribution in [0.4, 0.5) is 34.1 Å². The lowest BCUT2D eigenvalue weighted by Gasteiger charge is -2.40. The molecule has 0 bridgehead atoms. The van der Waals surface area contributed by atoms with Crippen LogP contribution >= 0.6 is 0 Å². The molecule has 13 rings (SSSR count). The molecule has 0 radical (unpaired) electrons. The zero-order valence-corrected chi connectivity index (χ0v) is 41.3. The number of aryl methyl sites for hydroxylation is 2. The molecule has 0 amide bonds. The fourth-order valence-corrected chi connectivity index (χ4v) is 13.1. The van der Waals surface area contributed by atoms with Gasteiger partial charge in [-0.25, -0.2) is 0 Å². The molecule has 0 atom stereocenters. The highest BCUT2D eigenvalue weighted by molar-refractivity contribution is 6.01. The molecule has 71 heavy (non-hydrogen) atoms. The van der Waals surface area contributed by atoms with E-state index < -0.39 is 5.41 Å². The van der Waals surface area contributed by atoms with Crippen molar-refractivity contribution in [1.29, 1.82) is 0 Å². The second-order valence-corrected chi connectivity index (χ2v) is 20.9. The van der Waals surface area contributed by atoms with Crippen molar-refractivity contribution < 1.29 is 0 Å². The molecule has 0 fully saturated rings. The van der Waals surface area contributed by atoms with E-state index in [0.717, 1.165) is 34.1 Å². The first kappa shape index (κ1) is 42.9. The van der Waals surface area contributed by atoms with E-state index in [1.165, 1.54) is 89.0 Å². The Kier molecular flexibility index (Phi) is 9.61. The Morgan fingerprint density at radius 1 is 0.296 bits per heavy atom. The third kappa shape index (κ3) is 6.13. The first-order chi connectivity index (χ1) is 34.6. The highest BCUT2D eigenvalue weighted by Gasteiger charge is 2.52. The number of anilines is 6. The van der Waals surface area contributed by atoms with E-state index in [1.807, 2.05) is 0 Å². The van der Waals surface area contributed by atoms with Crippen molar-refractivity contribution in [2.45, 2.75) is 57.8 Å². The quantitative estimate of drug-likeness (QED) is 0.150.